The summed E-state index contributed by atoms with van der Waals surface area (Å²) in [5.74, 6) is -0.778. The number of dihydropyridines is 1. The third kappa shape index (κ3) is 5.05. The fourth-order valence-corrected chi connectivity index (χ4v) is 5.33. The highest BCUT2D eigenvalue weighted by Crippen LogP contribution is 2.47. The van der Waals surface area contributed by atoms with Crippen molar-refractivity contribution in [1.29, 1.82) is 0 Å². The van der Waals surface area contributed by atoms with Crippen LogP contribution in [-0.2, 0) is 19.1 Å². The molecule has 176 valence electrons. The normalized spacial score (nSPS) is 23.0. The minimum atomic E-state index is -0.507. The van der Waals surface area contributed by atoms with Gasteiger partial charge in [-0.3, -0.25) is 9.59 Å². The Balaban J connectivity index is 1.73. The topological polar surface area (TPSA) is 81.7 Å². The van der Waals surface area contributed by atoms with E-state index in [9.17, 15) is 14.4 Å². The lowest BCUT2D eigenvalue weighted by atomic mass is 9.68. The fourth-order valence-electron chi connectivity index (χ4n) is 5.33. The van der Waals surface area contributed by atoms with Crippen LogP contribution >= 0.6 is 0 Å². The van der Waals surface area contributed by atoms with Gasteiger partial charge in [-0.1, -0.05) is 32.4 Å². The van der Waals surface area contributed by atoms with Crippen LogP contribution in [0.2, 0.25) is 0 Å². The molecular weight excluding hydrogens is 418 g/mol. The predicted molar refractivity (Wildman–Crippen MR) is 124 cm³/mol. The number of ether oxygens (including phenoxy) is 2. The number of ketones is 1. The number of allylic oxidation sites excluding steroid dienone is 3. The highest BCUT2D eigenvalue weighted by atomic mass is 16.5. The Morgan fingerprint density at radius 2 is 1.70 bits per heavy atom. The molecule has 0 unspecified atom stereocenters. The van der Waals surface area contributed by atoms with Crippen LogP contribution in [0.15, 0.2) is 46.8 Å². The second-order valence-corrected chi connectivity index (χ2v) is 10.3. The Morgan fingerprint density at radius 1 is 1.03 bits per heavy atom. The molecule has 0 amide bonds. The van der Waals surface area contributed by atoms with Crippen molar-refractivity contribution in [3.05, 3.63) is 52.4 Å². The van der Waals surface area contributed by atoms with Crippen LogP contribution < -0.4 is 10.1 Å². The Morgan fingerprint density at radius 3 is 2.33 bits per heavy atom. The Labute approximate surface area is 195 Å². The van der Waals surface area contributed by atoms with Crippen molar-refractivity contribution in [2.24, 2.45) is 5.41 Å². The molecule has 1 aliphatic heterocycles. The molecule has 1 atom stereocenters. The number of benzene rings is 1. The second-order valence-electron chi connectivity index (χ2n) is 10.3. The van der Waals surface area contributed by atoms with Gasteiger partial charge in [0.25, 0.3) is 0 Å². The van der Waals surface area contributed by atoms with Crippen LogP contribution in [0, 0.1) is 5.41 Å². The van der Waals surface area contributed by atoms with Crippen LogP contribution in [0.25, 0.3) is 0 Å². The number of carbonyl (C=O) groups is 3. The molecule has 6 heteroatoms. The average Bonchev–Trinajstić information content (AvgIpc) is 2.72. The van der Waals surface area contributed by atoms with E-state index >= 15 is 0 Å². The van der Waals surface area contributed by atoms with Crippen molar-refractivity contribution in [3.63, 3.8) is 0 Å². The largest absolute Gasteiger partial charge is 0.459 e. The number of rotatable bonds is 4. The van der Waals surface area contributed by atoms with Gasteiger partial charge in [-0.15, -0.1) is 0 Å². The Hall–Kier alpha value is -2.89. The first-order valence-electron chi connectivity index (χ1n) is 11.9. The lowest BCUT2D eigenvalue weighted by Crippen LogP contribution is -2.39. The van der Waals surface area contributed by atoms with Crippen molar-refractivity contribution in [2.75, 3.05) is 0 Å². The molecule has 1 aromatic rings. The average molecular weight is 452 g/mol. The van der Waals surface area contributed by atoms with Gasteiger partial charge in [0.15, 0.2) is 5.78 Å². The first-order chi connectivity index (χ1) is 15.6. The van der Waals surface area contributed by atoms with Gasteiger partial charge in [-0.2, -0.15) is 0 Å². The van der Waals surface area contributed by atoms with Gasteiger partial charge in [0.2, 0.25) is 0 Å². The van der Waals surface area contributed by atoms with E-state index in [1.165, 1.54) is 13.3 Å². The number of Topliss-reactive ketones (excluding diaryl/α,β-unsaturated/α-hetero) is 1. The molecule has 1 aromatic carbocycles. The van der Waals surface area contributed by atoms with E-state index in [1.807, 2.05) is 19.1 Å². The van der Waals surface area contributed by atoms with Gasteiger partial charge >= 0.3 is 11.9 Å². The van der Waals surface area contributed by atoms with Crippen LogP contribution in [0.1, 0.15) is 84.1 Å². The molecule has 2 aliphatic carbocycles. The molecule has 1 saturated carbocycles. The van der Waals surface area contributed by atoms with Gasteiger partial charge in [-0.05, 0) is 62.1 Å². The molecule has 0 saturated heterocycles. The summed E-state index contributed by atoms with van der Waals surface area (Å²) in [4.78, 5) is 38.1. The molecule has 0 bridgehead atoms. The Kier molecular flexibility index (Phi) is 6.46. The molecule has 0 spiro atoms. The first kappa shape index (κ1) is 23.3. The number of esters is 2. The zero-order valence-electron chi connectivity index (χ0n) is 20.0. The number of carbonyl (C=O) groups excluding carboxylic acids is 3. The van der Waals surface area contributed by atoms with Gasteiger partial charge in [0, 0.05) is 36.2 Å². The molecule has 1 N–H and O–H groups in total. The quantitative estimate of drug-likeness (QED) is 0.507. The SMILES string of the molecule is CC(=O)Oc1ccc([C@H]2C(C(=O)OC3CCCCC3)=C(C)NC3=C2C(=O)CC(C)(C)C3)cc1. The first-order valence-corrected chi connectivity index (χ1v) is 11.9. The monoisotopic (exact) mass is 451 g/mol. The molecule has 0 radical (unpaired) electrons. The van der Waals surface area contributed by atoms with Gasteiger partial charge in [-0.25, -0.2) is 4.79 Å². The maximum absolute atomic E-state index is 13.5. The van der Waals surface area contributed by atoms with Crippen molar-refractivity contribution in [2.45, 2.75) is 84.7 Å². The van der Waals surface area contributed by atoms with Crippen LogP contribution in [0.4, 0.5) is 0 Å². The smallest absolute Gasteiger partial charge is 0.337 e. The lowest BCUT2D eigenvalue weighted by Gasteiger charge is -2.39. The van der Waals surface area contributed by atoms with E-state index in [2.05, 4.69) is 19.2 Å². The minimum Gasteiger partial charge on any atom is -0.459 e. The van der Waals surface area contributed by atoms with E-state index in [1.54, 1.807) is 12.1 Å². The van der Waals surface area contributed by atoms with Crippen molar-refractivity contribution in [1.82, 2.24) is 5.32 Å². The standard InChI is InChI=1S/C27H33NO5/c1-16-23(26(31)33-19-8-6-5-7-9-19)24(18-10-12-20(13-11-18)32-17(2)29)25-21(28-16)14-27(3,4)15-22(25)30/h10-13,19,24,28H,5-9,14-15H2,1-4H3/t24-/m0/s1. The van der Waals surface area contributed by atoms with Gasteiger partial charge < -0.3 is 14.8 Å². The maximum Gasteiger partial charge on any atom is 0.337 e. The van der Waals surface area contributed by atoms with Crippen molar-refractivity contribution >= 4 is 17.7 Å². The summed E-state index contributed by atoms with van der Waals surface area (Å²) in [5, 5.41) is 3.38. The molecule has 0 aromatic heterocycles. The van der Waals surface area contributed by atoms with E-state index in [0.717, 1.165) is 49.1 Å². The molecule has 33 heavy (non-hydrogen) atoms. The van der Waals surface area contributed by atoms with Crippen LogP contribution in [0.5, 0.6) is 5.75 Å². The molecular formula is C27H33NO5. The minimum absolute atomic E-state index is 0.0540. The van der Waals surface area contributed by atoms with Gasteiger partial charge in [0.1, 0.15) is 11.9 Å². The van der Waals surface area contributed by atoms with E-state index < -0.39 is 11.9 Å². The predicted octanol–water partition coefficient (Wildman–Crippen LogP) is 5.09. The zero-order chi connectivity index (χ0) is 23.8. The summed E-state index contributed by atoms with van der Waals surface area (Å²) >= 11 is 0. The highest BCUT2D eigenvalue weighted by Gasteiger charge is 2.43. The maximum atomic E-state index is 13.5. The third-order valence-corrected chi connectivity index (χ3v) is 6.76. The summed E-state index contributed by atoms with van der Waals surface area (Å²) in [7, 11) is 0. The number of hydrogen-bond acceptors (Lipinski definition) is 6. The summed E-state index contributed by atoms with van der Waals surface area (Å²) in [6.45, 7) is 7.41. The number of nitrogens with one attached hydrogen (secondary N) is 1. The molecule has 4 rings (SSSR count). The van der Waals surface area contributed by atoms with Gasteiger partial charge in [0.05, 0.1) is 5.57 Å². The highest BCUT2D eigenvalue weighted by molar-refractivity contribution is 6.04. The van der Waals surface area contributed by atoms with Crippen LogP contribution in [0.3, 0.4) is 0 Å². The van der Waals surface area contributed by atoms with E-state index in [-0.39, 0.29) is 23.3 Å². The summed E-state index contributed by atoms with van der Waals surface area (Å²) in [5.41, 5.74) is 3.42. The molecule has 3 aliphatic rings. The number of hydrogen-bond donors (Lipinski definition) is 1. The third-order valence-electron chi connectivity index (χ3n) is 6.76. The molecule has 1 heterocycles. The summed E-state index contributed by atoms with van der Waals surface area (Å²) in [6, 6.07) is 7.06. The lowest BCUT2D eigenvalue weighted by molar-refractivity contribution is -0.146. The summed E-state index contributed by atoms with van der Waals surface area (Å²) < 4.78 is 11.1. The van der Waals surface area contributed by atoms with Crippen LogP contribution in [-0.4, -0.2) is 23.8 Å². The molecule has 6 nitrogen and oxygen atoms in total. The fraction of sp³-hybridized carbons (Fsp3) is 0.519. The Bertz CT molecular complexity index is 1030. The van der Waals surface area contributed by atoms with E-state index in [4.69, 9.17) is 9.47 Å². The van der Waals surface area contributed by atoms with E-state index in [0.29, 0.717) is 23.3 Å². The second kappa shape index (κ2) is 9.16. The molecule has 1 fully saturated rings. The van der Waals surface area contributed by atoms with Crippen molar-refractivity contribution in [3.8, 4) is 5.75 Å². The zero-order valence-corrected chi connectivity index (χ0v) is 20.0. The van der Waals surface area contributed by atoms with Crippen molar-refractivity contribution < 1.29 is 23.9 Å². The summed E-state index contributed by atoms with van der Waals surface area (Å²) in [6.07, 6.45) is 6.17.